The number of hydrogen-bond acceptors (Lipinski definition) is 2. The van der Waals surface area contributed by atoms with Crippen molar-refractivity contribution >= 4 is 10.0 Å². The summed E-state index contributed by atoms with van der Waals surface area (Å²) >= 11 is 0. The Morgan fingerprint density at radius 1 is 1.55 bits per heavy atom. The minimum atomic E-state index is -3.55. The number of hydrogen-bond donors (Lipinski definition) is 1. The van der Waals surface area contributed by atoms with Crippen LogP contribution in [0, 0.1) is 13.0 Å². The average Bonchev–Trinajstić information content (AvgIpc) is 1.86. The fourth-order valence-corrected chi connectivity index (χ4v) is 1.33. The highest BCUT2D eigenvalue weighted by Gasteiger charge is 2.05. The Balaban J connectivity index is 3.28. The first kappa shape index (κ1) is 8.23. The van der Waals surface area contributed by atoms with E-state index in [4.69, 9.17) is 5.14 Å². The molecule has 0 bridgehead atoms. The van der Waals surface area contributed by atoms with Crippen LogP contribution in [0.25, 0.3) is 0 Å². The minimum absolute atomic E-state index is 0.133. The summed E-state index contributed by atoms with van der Waals surface area (Å²) in [6, 6.07) is 7.26. The van der Waals surface area contributed by atoms with Crippen molar-refractivity contribution in [1.82, 2.24) is 0 Å². The summed E-state index contributed by atoms with van der Waals surface area (Å²) in [7, 11) is -3.55. The molecule has 1 rings (SSSR count). The van der Waals surface area contributed by atoms with Crippen LogP contribution in [0.5, 0.6) is 0 Å². The lowest BCUT2D eigenvalue weighted by atomic mass is 10.2. The van der Waals surface area contributed by atoms with E-state index in [1.54, 1.807) is 6.92 Å². The lowest BCUT2D eigenvalue weighted by Crippen LogP contribution is -2.11. The van der Waals surface area contributed by atoms with E-state index in [1.165, 1.54) is 18.2 Å². The molecule has 0 aliphatic carbocycles. The summed E-state index contributed by atoms with van der Waals surface area (Å²) in [5.74, 6) is 0. The Kier molecular flexibility index (Phi) is 1.97. The van der Waals surface area contributed by atoms with Gasteiger partial charge in [-0.15, -0.1) is 0 Å². The third kappa shape index (κ3) is 2.03. The second-order valence-electron chi connectivity index (χ2n) is 2.25. The number of benzene rings is 1. The lowest BCUT2D eigenvalue weighted by molar-refractivity contribution is 0.597. The summed E-state index contributed by atoms with van der Waals surface area (Å²) < 4.78 is 21.5. The molecule has 1 aromatic carbocycles. The monoisotopic (exact) mass is 170 g/mol. The summed E-state index contributed by atoms with van der Waals surface area (Å²) in [5, 5.41) is 4.88. The van der Waals surface area contributed by atoms with Gasteiger partial charge in [-0.05, 0) is 30.7 Å². The molecule has 59 valence electrons. The summed E-state index contributed by atoms with van der Waals surface area (Å²) in [4.78, 5) is 0.133. The maximum Gasteiger partial charge on any atom is 0.238 e. The predicted octanol–water partition coefficient (Wildman–Crippen LogP) is 0.443. The maximum atomic E-state index is 10.7. The van der Waals surface area contributed by atoms with Crippen LogP contribution < -0.4 is 5.14 Å². The van der Waals surface area contributed by atoms with Crippen LogP contribution in [0.15, 0.2) is 23.1 Å². The van der Waals surface area contributed by atoms with Crippen molar-refractivity contribution < 1.29 is 8.42 Å². The van der Waals surface area contributed by atoms with Crippen LogP contribution in [0.4, 0.5) is 0 Å². The van der Waals surface area contributed by atoms with Gasteiger partial charge in [0.15, 0.2) is 0 Å². The number of sulfonamides is 1. The van der Waals surface area contributed by atoms with Gasteiger partial charge < -0.3 is 0 Å². The van der Waals surface area contributed by atoms with Gasteiger partial charge in [0.1, 0.15) is 0 Å². The highest BCUT2D eigenvalue weighted by Crippen LogP contribution is 2.07. The molecule has 11 heavy (non-hydrogen) atoms. The highest BCUT2D eigenvalue weighted by molar-refractivity contribution is 7.89. The molecule has 4 heteroatoms. The van der Waals surface area contributed by atoms with Gasteiger partial charge in [0.05, 0.1) is 4.90 Å². The van der Waals surface area contributed by atoms with E-state index < -0.39 is 10.0 Å². The van der Waals surface area contributed by atoms with Gasteiger partial charge >= 0.3 is 0 Å². The normalized spacial score (nSPS) is 11.5. The molecule has 2 N–H and O–H groups in total. The fourth-order valence-electron chi connectivity index (χ4n) is 0.735. The third-order valence-electron chi connectivity index (χ3n) is 1.25. The van der Waals surface area contributed by atoms with Gasteiger partial charge in [0.2, 0.25) is 10.0 Å². The second-order valence-corrected chi connectivity index (χ2v) is 3.81. The molecule has 0 heterocycles. The van der Waals surface area contributed by atoms with Crippen molar-refractivity contribution in [3.05, 3.63) is 29.8 Å². The van der Waals surface area contributed by atoms with Crippen molar-refractivity contribution in [3.63, 3.8) is 0 Å². The Labute approximate surface area is 65.9 Å². The van der Waals surface area contributed by atoms with Gasteiger partial charge in [-0.25, -0.2) is 13.6 Å². The number of nitrogens with two attached hydrogens (primary N) is 1. The molecule has 0 unspecified atom stereocenters. The van der Waals surface area contributed by atoms with Crippen LogP contribution >= 0.6 is 0 Å². The average molecular weight is 170 g/mol. The SMILES string of the molecule is Cc1[c]ccc(S(N)(=O)=O)c1. The largest absolute Gasteiger partial charge is 0.238 e. The second kappa shape index (κ2) is 2.64. The smallest absolute Gasteiger partial charge is 0.225 e. The van der Waals surface area contributed by atoms with Gasteiger partial charge in [0.25, 0.3) is 0 Å². The van der Waals surface area contributed by atoms with E-state index in [9.17, 15) is 8.42 Å². The Bertz CT molecular complexity index is 356. The summed E-state index contributed by atoms with van der Waals surface area (Å²) in [6.07, 6.45) is 0. The zero-order chi connectivity index (χ0) is 8.48. The van der Waals surface area contributed by atoms with E-state index in [-0.39, 0.29) is 4.90 Å². The van der Waals surface area contributed by atoms with Gasteiger partial charge in [-0.2, -0.15) is 0 Å². The van der Waals surface area contributed by atoms with Crippen LogP contribution in [0.1, 0.15) is 5.56 Å². The van der Waals surface area contributed by atoms with Crippen molar-refractivity contribution in [1.29, 1.82) is 0 Å². The van der Waals surface area contributed by atoms with Gasteiger partial charge in [0, 0.05) is 0 Å². The molecule has 0 saturated carbocycles. The van der Waals surface area contributed by atoms with E-state index in [2.05, 4.69) is 6.07 Å². The molecular formula is C7H8NO2S. The van der Waals surface area contributed by atoms with E-state index >= 15 is 0 Å². The zero-order valence-corrected chi connectivity index (χ0v) is 6.85. The number of rotatable bonds is 1. The van der Waals surface area contributed by atoms with E-state index in [1.807, 2.05) is 0 Å². The molecule has 0 aliphatic heterocycles. The standard InChI is InChI=1S/C7H8NO2S/c1-6-3-2-4-7(5-6)11(8,9)10/h2,4-5H,1H3,(H2,8,9,10). The highest BCUT2D eigenvalue weighted by atomic mass is 32.2. The topological polar surface area (TPSA) is 60.2 Å². The molecule has 0 atom stereocenters. The maximum absolute atomic E-state index is 10.7. The summed E-state index contributed by atoms with van der Waals surface area (Å²) in [6.45, 7) is 1.76. The van der Waals surface area contributed by atoms with Crippen LogP contribution in [0.2, 0.25) is 0 Å². The Morgan fingerprint density at radius 2 is 2.18 bits per heavy atom. The molecule has 0 fully saturated rings. The predicted molar refractivity (Wildman–Crippen MR) is 41.4 cm³/mol. The lowest BCUT2D eigenvalue weighted by Gasteiger charge is -1.96. The van der Waals surface area contributed by atoms with E-state index in [0.717, 1.165) is 5.56 Å². The first-order valence-corrected chi connectivity index (χ1v) is 4.56. The fraction of sp³-hybridized carbons (Fsp3) is 0.143. The molecule has 0 saturated heterocycles. The van der Waals surface area contributed by atoms with Crippen molar-refractivity contribution in [2.45, 2.75) is 11.8 Å². The molecule has 0 amide bonds. The van der Waals surface area contributed by atoms with Crippen LogP contribution in [-0.4, -0.2) is 8.42 Å². The van der Waals surface area contributed by atoms with Crippen molar-refractivity contribution in [2.75, 3.05) is 0 Å². The van der Waals surface area contributed by atoms with Gasteiger partial charge in [-0.1, -0.05) is 6.07 Å². The first-order valence-electron chi connectivity index (χ1n) is 3.01. The van der Waals surface area contributed by atoms with Crippen LogP contribution in [-0.2, 0) is 10.0 Å². The Hall–Kier alpha value is -0.870. The molecular weight excluding hydrogens is 162 g/mol. The van der Waals surface area contributed by atoms with Crippen molar-refractivity contribution in [3.8, 4) is 0 Å². The number of aryl methyl sites for hydroxylation is 1. The molecule has 1 radical (unpaired) electrons. The Morgan fingerprint density at radius 3 is 2.55 bits per heavy atom. The van der Waals surface area contributed by atoms with Crippen molar-refractivity contribution in [2.24, 2.45) is 5.14 Å². The zero-order valence-electron chi connectivity index (χ0n) is 6.03. The van der Waals surface area contributed by atoms with E-state index in [0.29, 0.717) is 0 Å². The van der Waals surface area contributed by atoms with Gasteiger partial charge in [-0.3, -0.25) is 0 Å². The molecule has 0 aliphatic rings. The third-order valence-corrected chi connectivity index (χ3v) is 2.16. The molecule has 0 spiro atoms. The van der Waals surface area contributed by atoms with Crippen LogP contribution in [0.3, 0.4) is 0 Å². The number of primary sulfonamides is 1. The molecule has 3 nitrogen and oxygen atoms in total. The summed E-state index contributed by atoms with van der Waals surface area (Å²) in [5.41, 5.74) is 0.761. The quantitative estimate of drug-likeness (QED) is 0.665. The molecule has 1 aromatic rings. The minimum Gasteiger partial charge on any atom is -0.225 e. The first-order chi connectivity index (χ1) is 5.00. The molecule has 0 aromatic heterocycles.